The van der Waals surface area contributed by atoms with Crippen LogP contribution in [0.1, 0.15) is 71.6 Å². The molecule has 0 atom stereocenters. The summed E-state index contributed by atoms with van der Waals surface area (Å²) in [4.78, 5) is 0. The van der Waals surface area contributed by atoms with E-state index < -0.39 is 0 Å². The Bertz CT molecular complexity index is 165. The van der Waals surface area contributed by atoms with Crippen LogP contribution in [-0.2, 0) is 0 Å². The fourth-order valence-electron chi connectivity index (χ4n) is 1.62. The fraction of sp³-hybridized carbons (Fsp3) is 0.733. The highest BCUT2D eigenvalue weighted by Crippen LogP contribution is 2.10. The lowest BCUT2D eigenvalue weighted by Gasteiger charge is -1.99. The maximum atomic E-state index is 4.08. The minimum Gasteiger partial charge on any atom is -0.0958 e. The van der Waals surface area contributed by atoms with Gasteiger partial charge in [-0.15, -0.1) is 0 Å². The van der Waals surface area contributed by atoms with Gasteiger partial charge in [0.1, 0.15) is 0 Å². The van der Waals surface area contributed by atoms with Crippen LogP contribution in [0.25, 0.3) is 0 Å². The lowest BCUT2D eigenvalue weighted by Crippen LogP contribution is -1.79. The largest absolute Gasteiger partial charge is 0.0958 e. The number of allylic oxidation sites excluding steroid dienone is 3. The predicted molar refractivity (Wildman–Crippen MR) is 71.2 cm³/mol. The van der Waals surface area contributed by atoms with E-state index in [2.05, 4.69) is 32.6 Å². The van der Waals surface area contributed by atoms with Crippen LogP contribution in [0.3, 0.4) is 0 Å². The SMILES string of the molecule is C=C(C=CCCCCC)CCCCCC. The Balaban J connectivity index is 3.31. The molecule has 0 aromatic heterocycles. The molecule has 88 valence electrons. The first-order chi connectivity index (χ1) is 7.31. The van der Waals surface area contributed by atoms with Crippen molar-refractivity contribution < 1.29 is 0 Å². The van der Waals surface area contributed by atoms with Crippen molar-refractivity contribution >= 4 is 0 Å². The molecule has 0 saturated heterocycles. The van der Waals surface area contributed by atoms with E-state index in [-0.39, 0.29) is 0 Å². The molecule has 0 heteroatoms. The van der Waals surface area contributed by atoms with Gasteiger partial charge in [-0.05, 0) is 25.7 Å². The maximum absolute atomic E-state index is 4.08. The van der Waals surface area contributed by atoms with E-state index in [4.69, 9.17) is 0 Å². The summed E-state index contributed by atoms with van der Waals surface area (Å²) >= 11 is 0. The second-order valence-corrected chi connectivity index (χ2v) is 4.37. The quantitative estimate of drug-likeness (QED) is 0.321. The molecule has 0 nitrogen and oxygen atoms in total. The monoisotopic (exact) mass is 208 g/mol. The minimum atomic E-state index is 1.18. The van der Waals surface area contributed by atoms with Crippen molar-refractivity contribution in [2.75, 3.05) is 0 Å². The van der Waals surface area contributed by atoms with Crippen LogP contribution >= 0.6 is 0 Å². The summed E-state index contributed by atoms with van der Waals surface area (Å²) in [7, 11) is 0. The van der Waals surface area contributed by atoms with Gasteiger partial charge in [-0.2, -0.15) is 0 Å². The zero-order chi connectivity index (χ0) is 11.4. The Hall–Kier alpha value is -0.520. The zero-order valence-corrected chi connectivity index (χ0v) is 10.7. The van der Waals surface area contributed by atoms with Crippen molar-refractivity contribution in [1.82, 2.24) is 0 Å². The van der Waals surface area contributed by atoms with E-state index >= 15 is 0 Å². The van der Waals surface area contributed by atoms with Crippen molar-refractivity contribution in [2.45, 2.75) is 71.6 Å². The predicted octanol–water partition coefficient (Wildman–Crippen LogP) is 5.65. The summed E-state index contributed by atoms with van der Waals surface area (Å²) < 4.78 is 0. The second-order valence-electron chi connectivity index (χ2n) is 4.37. The van der Waals surface area contributed by atoms with E-state index in [1.54, 1.807) is 0 Å². The van der Waals surface area contributed by atoms with Gasteiger partial charge in [0.25, 0.3) is 0 Å². The lowest BCUT2D eigenvalue weighted by molar-refractivity contribution is 0.668. The summed E-state index contributed by atoms with van der Waals surface area (Å²) in [5, 5.41) is 0. The molecule has 0 rings (SSSR count). The third kappa shape index (κ3) is 11.4. The van der Waals surface area contributed by atoms with Crippen LogP contribution in [0.4, 0.5) is 0 Å². The number of rotatable bonds is 10. The normalized spacial score (nSPS) is 11.1. The molecule has 0 aliphatic rings. The van der Waals surface area contributed by atoms with E-state index in [0.717, 1.165) is 0 Å². The molecule has 0 fully saturated rings. The van der Waals surface area contributed by atoms with Crippen LogP contribution in [0, 0.1) is 0 Å². The Labute approximate surface area is 96.5 Å². The Kier molecular flexibility index (Phi) is 11.2. The fourth-order valence-corrected chi connectivity index (χ4v) is 1.62. The van der Waals surface area contributed by atoms with Gasteiger partial charge in [-0.1, -0.05) is 70.3 Å². The molecule has 0 bridgehead atoms. The number of hydrogen-bond donors (Lipinski definition) is 0. The van der Waals surface area contributed by atoms with Gasteiger partial charge < -0.3 is 0 Å². The summed E-state index contributed by atoms with van der Waals surface area (Å²) in [5.74, 6) is 0. The molecule has 0 aliphatic carbocycles. The van der Waals surface area contributed by atoms with Crippen LogP contribution in [-0.4, -0.2) is 0 Å². The number of unbranched alkanes of at least 4 members (excludes halogenated alkanes) is 6. The molecule has 0 saturated carbocycles. The summed E-state index contributed by atoms with van der Waals surface area (Å²) in [6.07, 6.45) is 16.3. The first kappa shape index (κ1) is 14.5. The molecular weight excluding hydrogens is 180 g/mol. The van der Waals surface area contributed by atoms with E-state index in [9.17, 15) is 0 Å². The average molecular weight is 208 g/mol. The molecule has 0 aromatic carbocycles. The molecule has 0 spiro atoms. The van der Waals surface area contributed by atoms with Gasteiger partial charge >= 0.3 is 0 Å². The standard InChI is InChI=1S/C15H28/c1-4-6-8-10-12-14-15(3)13-11-9-7-5-2/h12,14H,3-11,13H2,1-2H3. The van der Waals surface area contributed by atoms with Gasteiger partial charge in [-0.25, -0.2) is 0 Å². The molecule has 0 aromatic rings. The molecule has 0 heterocycles. The average Bonchev–Trinajstić information content (AvgIpc) is 2.24. The number of hydrogen-bond acceptors (Lipinski definition) is 0. The van der Waals surface area contributed by atoms with Gasteiger partial charge in [0, 0.05) is 0 Å². The molecule has 15 heavy (non-hydrogen) atoms. The van der Waals surface area contributed by atoms with Gasteiger partial charge in [-0.3, -0.25) is 0 Å². The summed E-state index contributed by atoms with van der Waals surface area (Å²) in [6.45, 7) is 8.58. The molecular formula is C15H28. The van der Waals surface area contributed by atoms with Crippen LogP contribution in [0.5, 0.6) is 0 Å². The van der Waals surface area contributed by atoms with Crippen LogP contribution in [0.2, 0.25) is 0 Å². The first-order valence-corrected chi connectivity index (χ1v) is 6.65. The maximum Gasteiger partial charge on any atom is -0.0285 e. The molecule has 0 unspecified atom stereocenters. The molecule has 0 amide bonds. The molecule has 0 N–H and O–H groups in total. The van der Waals surface area contributed by atoms with Gasteiger partial charge in [0.2, 0.25) is 0 Å². The van der Waals surface area contributed by atoms with Gasteiger partial charge in [0.15, 0.2) is 0 Å². The molecule has 0 aliphatic heterocycles. The van der Waals surface area contributed by atoms with Crippen molar-refractivity contribution in [3.8, 4) is 0 Å². The Morgan fingerprint density at radius 2 is 1.60 bits per heavy atom. The van der Waals surface area contributed by atoms with E-state index in [0.29, 0.717) is 0 Å². The van der Waals surface area contributed by atoms with Crippen LogP contribution in [0.15, 0.2) is 24.3 Å². The zero-order valence-electron chi connectivity index (χ0n) is 10.7. The smallest absolute Gasteiger partial charge is 0.0285 e. The first-order valence-electron chi connectivity index (χ1n) is 6.65. The highest BCUT2D eigenvalue weighted by atomic mass is 14.0. The van der Waals surface area contributed by atoms with Crippen molar-refractivity contribution in [1.29, 1.82) is 0 Å². The highest BCUT2D eigenvalue weighted by Gasteiger charge is 1.90. The Morgan fingerprint density at radius 3 is 2.27 bits per heavy atom. The van der Waals surface area contributed by atoms with Crippen LogP contribution < -0.4 is 0 Å². The van der Waals surface area contributed by atoms with Crippen molar-refractivity contribution in [3.63, 3.8) is 0 Å². The Morgan fingerprint density at radius 1 is 0.933 bits per heavy atom. The van der Waals surface area contributed by atoms with Crippen molar-refractivity contribution in [3.05, 3.63) is 24.3 Å². The van der Waals surface area contributed by atoms with E-state index in [1.807, 2.05) is 0 Å². The van der Waals surface area contributed by atoms with Crippen molar-refractivity contribution in [2.24, 2.45) is 0 Å². The molecule has 0 radical (unpaired) electrons. The second kappa shape index (κ2) is 11.6. The van der Waals surface area contributed by atoms with E-state index in [1.165, 1.54) is 63.4 Å². The summed E-state index contributed by atoms with van der Waals surface area (Å²) in [6, 6.07) is 0. The third-order valence-corrected chi connectivity index (χ3v) is 2.68. The van der Waals surface area contributed by atoms with Gasteiger partial charge in [0.05, 0.1) is 0 Å². The lowest BCUT2D eigenvalue weighted by atomic mass is 10.1. The third-order valence-electron chi connectivity index (χ3n) is 2.68. The highest BCUT2D eigenvalue weighted by molar-refractivity contribution is 5.13. The summed E-state index contributed by atoms with van der Waals surface area (Å²) in [5.41, 5.74) is 1.31. The minimum absolute atomic E-state index is 1.18. The topological polar surface area (TPSA) is 0 Å².